The Bertz CT molecular complexity index is 633. The average Bonchev–Trinajstić information content (AvgIpc) is 2.55. The van der Waals surface area contributed by atoms with Gasteiger partial charge in [0.05, 0.1) is 5.69 Å². The van der Waals surface area contributed by atoms with Crippen molar-refractivity contribution in [1.29, 1.82) is 0 Å². The summed E-state index contributed by atoms with van der Waals surface area (Å²) in [6.45, 7) is 8.76. The Labute approximate surface area is 138 Å². The highest BCUT2D eigenvalue weighted by atomic mass is 15.2. The van der Waals surface area contributed by atoms with Crippen LogP contribution in [0.25, 0.3) is 11.3 Å². The molecule has 122 valence electrons. The predicted molar refractivity (Wildman–Crippen MR) is 93.4 cm³/mol. The fourth-order valence-electron chi connectivity index (χ4n) is 3.07. The minimum Gasteiger partial charge on any atom is -0.367 e. The smallest absolute Gasteiger partial charge is 0.130 e. The maximum atomic E-state index is 4.55. The van der Waals surface area contributed by atoms with E-state index >= 15 is 0 Å². The van der Waals surface area contributed by atoms with Gasteiger partial charge in [-0.2, -0.15) is 0 Å². The Morgan fingerprint density at radius 2 is 2.00 bits per heavy atom. The van der Waals surface area contributed by atoms with E-state index in [4.69, 9.17) is 0 Å². The molecule has 0 aromatic carbocycles. The first-order valence-electron chi connectivity index (χ1n) is 8.38. The molecule has 2 aromatic heterocycles. The minimum absolute atomic E-state index is 0.487. The lowest BCUT2D eigenvalue weighted by atomic mass is 10.0. The van der Waals surface area contributed by atoms with Crippen LogP contribution in [0.3, 0.4) is 0 Å². The lowest BCUT2D eigenvalue weighted by molar-refractivity contribution is 0.177. The minimum atomic E-state index is 0.487. The van der Waals surface area contributed by atoms with Crippen molar-refractivity contribution in [3.05, 3.63) is 36.4 Å². The summed E-state index contributed by atoms with van der Waals surface area (Å²) in [5, 5.41) is 3.59. The van der Waals surface area contributed by atoms with Gasteiger partial charge < -0.3 is 10.2 Å². The van der Waals surface area contributed by atoms with E-state index in [1.165, 1.54) is 0 Å². The molecule has 3 rings (SSSR count). The molecule has 0 amide bonds. The van der Waals surface area contributed by atoms with Crippen molar-refractivity contribution in [3.8, 4) is 11.3 Å². The summed E-state index contributed by atoms with van der Waals surface area (Å²) in [5.41, 5.74) is 1.95. The zero-order valence-electron chi connectivity index (χ0n) is 14.2. The highest BCUT2D eigenvalue weighted by Crippen LogP contribution is 2.21. The van der Waals surface area contributed by atoms with E-state index in [1.807, 2.05) is 31.3 Å². The van der Waals surface area contributed by atoms with Gasteiger partial charge >= 0.3 is 0 Å². The monoisotopic (exact) mass is 311 g/mol. The van der Waals surface area contributed by atoms with Crippen molar-refractivity contribution >= 4 is 5.82 Å². The van der Waals surface area contributed by atoms with Crippen molar-refractivity contribution < 1.29 is 0 Å². The number of hydrogen-bond acceptors (Lipinski definition) is 5. The Hall–Kier alpha value is -2.01. The average molecular weight is 311 g/mol. The second kappa shape index (κ2) is 7.04. The number of nitrogens with one attached hydrogen (secondary N) is 1. The van der Waals surface area contributed by atoms with Crippen LogP contribution in [0.1, 0.15) is 32.5 Å². The van der Waals surface area contributed by atoms with E-state index in [9.17, 15) is 0 Å². The molecule has 0 saturated carbocycles. The first-order valence-corrected chi connectivity index (χ1v) is 8.38. The highest BCUT2D eigenvalue weighted by molar-refractivity contribution is 5.61. The Morgan fingerprint density at radius 1 is 1.22 bits per heavy atom. The zero-order chi connectivity index (χ0) is 16.2. The third-order valence-electron chi connectivity index (χ3n) is 4.41. The van der Waals surface area contributed by atoms with Crippen molar-refractivity contribution in [3.63, 3.8) is 0 Å². The first-order chi connectivity index (χ1) is 11.1. The van der Waals surface area contributed by atoms with Crippen LogP contribution in [0.4, 0.5) is 5.82 Å². The molecule has 0 radical (unpaired) electrons. The van der Waals surface area contributed by atoms with Gasteiger partial charge in [0, 0.05) is 49.2 Å². The van der Waals surface area contributed by atoms with E-state index < -0.39 is 0 Å². The fourth-order valence-corrected chi connectivity index (χ4v) is 3.07. The van der Waals surface area contributed by atoms with Crippen molar-refractivity contribution in [1.82, 2.24) is 19.9 Å². The molecule has 5 heteroatoms. The molecule has 0 bridgehead atoms. The van der Waals surface area contributed by atoms with E-state index in [1.54, 1.807) is 6.20 Å². The molecular weight excluding hydrogens is 286 g/mol. The molecule has 1 aliphatic rings. The molecule has 0 atom stereocenters. The lowest BCUT2D eigenvalue weighted by Gasteiger charge is -2.35. The summed E-state index contributed by atoms with van der Waals surface area (Å²) in [6.07, 6.45) is 5.93. The van der Waals surface area contributed by atoms with Crippen molar-refractivity contribution in [2.75, 3.05) is 18.4 Å². The summed E-state index contributed by atoms with van der Waals surface area (Å²) < 4.78 is 0. The molecule has 1 saturated heterocycles. The largest absolute Gasteiger partial charge is 0.367 e. The summed E-state index contributed by atoms with van der Waals surface area (Å²) in [4.78, 5) is 15.8. The van der Waals surface area contributed by atoms with Crippen LogP contribution in [0.2, 0.25) is 0 Å². The number of hydrogen-bond donors (Lipinski definition) is 1. The zero-order valence-corrected chi connectivity index (χ0v) is 14.2. The molecule has 23 heavy (non-hydrogen) atoms. The van der Waals surface area contributed by atoms with Crippen LogP contribution in [0.15, 0.2) is 30.6 Å². The van der Waals surface area contributed by atoms with Gasteiger partial charge in [-0.1, -0.05) is 0 Å². The third kappa shape index (κ3) is 4.05. The Morgan fingerprint density at radius 3 is 2.65 bits per heavy atom. The lowest BCUT2D eigenvalue weighted by Crippen LogP contribution is -2.42. The maximum absolute atomic E-state index is 4.55. The fraction of sp³-hybridized carbons (Fsp3) is 0.500. The number of aryl methyl sites for hydroxylation is 1. The second-order valence-electron chi connectivity index (χ2n) is 6.48. The molecular formula is C18H25N5. The Kier molecular flexibility index (Phi) is 4.86. The van der Waals surface area contributed by atoms with Crippen LogP contribution in [-0.4, -0.2) is 45.0 Å². The molecule has 0 aliphatic carbocycles. The third-order valence-corrected chi connectivity index (χ3v) is 4.41. The van der Waals surface area contributed by atoms with Crippen LogP contribution in [0, 0.1) is 6.92 Å². The SMILES string of the molecule is Cc1nc(NC2CCN(C(C)C)CC2)cc(-c2cccnc2)n1. The van der Waals surface area contributed by atoms with Gasteiger partial charge in [0.25, 0.3) is 0 Å². The number of likely N-dealkylation sites (tertiary alicyclic amines) is 1. The van der Waals surface area contributed by atoms with Gasteiger partial charge in [0.15, 0.2) is 0 Å². The topological polar surface area (TPSA) is 53.9 Å². The maximum Gasteiger partial charge on any atom is 0.130 e. The summed E-state index contributed by atoms with van der Waals surface area (Å²) in [7, 11) is 0. The number of anilines is 1. The Balaban J connectivity index is 1.70. The molecule has 3 heterocycles. The van der Waals surface area contributed by atoms with Crippen LogP contribution in [0.5, 0.6) is 0 Å². The predicted octanol–water partition coefficient (Wildman–Crippen LogP) is 3.13. The van der Waals surface area contributed by atoms with E-state index in [0.29, 0.717) is 12.1 Å². The molecule has 0 unspecified atom stereocenters. The van der Waals surface area contributed by atoms with Gasteiger partial charge in [-0.25, -0.2) is 9.97 Å². The number of pyridine rings is 1. The van der Waals surface area contributed by atoms with Crippen LogP contribution >= 0.6 is 0 Å². The number of rotatable bonds is 4. The summed E-state index contributed by atoms with van der Waals surface area (Å²) in [6, 6.07) is 7.11. The van der Waals surface area contributed by atoms with Crippen LogP contribution in [-0.2, 0) is 0 Å². The van der Waals surface area contributed by atoms with E-state index in [0.717, 1.165) is 48.8 Å². The van der Waals surface area contributed by atoms with Crippen molar-refractivity contribution in [2.24, 2.45) is 0 Å². The second-order valence-corrected chi connectivity index (χ2v) is 6.48. The molecule has 1 fully saturated rings. The number of piperidine rings is 1. The van der Waals surface area contributed by atoms with Gasteiger partial charge in [0.1, 0.15) is 11.6 Å². The van der Waals surface area contributed by atoms with Crippen LogP contribution < -0.4 is 5.32 Å². The number of aromatic nitrogens is 3. The standard InChI is InChI=1S/C18H25N5/c1-13(2)23-9-6-16(7-10-23)22-18-11-17(20-14(3)21-18)15-5-4-8-19-12-15/h4-5,8,11-13,16H,6-7,9-10H2,1-3H3,(H,20,21,22). The van der Waals surface area contributed by atoms with Gasteiger partial charge in [-0.3, -0.25) is 4.98 Å². The van der Waals surface area contributed by atoms with E-state index in [-0.39, 0.29) is 0 Å². The normalized spacial score (nSPS) is 16.7. The van der Waals surface area contributed by atoms with Crippen molar-refractivity contribution in [2.45, 2.75) is 45.7 Å². The molecule has 0 spiro atoms. The van der Waals surface area contributed by atoms with Gasteiger partial charge in [-0.05, 0) is 45.7 Å². The molecule has 1 N–H and O–H groups in total. The molecule has 5 nitrogen and oxygen atoms in total. The highest BCUT2D eigenvalue weighted by Gasteiger charge is 2.21. The molecule has 2 aromatic rings. The summed E-state index contributed by atoms with van der Waals surface area (Å²) in [5.74, 6) is 1.70. The van der Waals surface area contributed by atoms with Gasteiger partial charge in [-0.15, -0.1) is 0 Å². The quantitative estimate of drug-likeness (QED) is 0.940. The van der Waals surface area contributed by atoms with E-state index in [2.05, 4.69) is 39.0 Å². The summed E-state index contributed by atoms with van der Waals surface area (Å²) >= 11 is 0. The number of nitrogens with zero attached hydrogens (tertiary/aromatic N) is 4. The molecule has 1 aliphatic heterocycles. The van der Waals surface area contributed by atoms with Gasteiger partial charge in [0.2, 0.25) is 0 Å². The first kappa shape index (κ1) is 15.9.